The number of piperazine rings is 2. The van der Waals surface area contributed by atoms with Gasteiger partial charge < -0.3 is 10.2 Å². The third kappa shape index (κ3) is 2.66. The number of carbonyl (C=O) groups excluding carboxylic acids is 2. The van der Waals surface area contributed by atoms with E-state index in [1.165, 1.54) is 19.3 Å². The van der Waals surface area contributed by atoms with Crippen LogP contribution in [-0.2, 0) is 9.59 Å². The molecule has 5 heteroatoms. The summed E-state index contributed by atoms with van der Waals surface area (Å²) >= 11 is 0. The van der Waals surface area contributed by atoms with Crippen LogP contribution in [0.1, 0.15) is 19.3 Å². The normalized spacial score (nSPS) is 32.1. The molecule has 2 fully saturated rings. The molecule has 0 aromatic rings. The fraction of sp³-hybridized carbons (Fsp3) is 0.714. The molecule has 0 unspecified atom stereocenters. The number of fused-ring (bicyclic) bond motifs is 1. The van der Waals surface area contributed by atoms with Gasteiger partial charge in [-0.3, -0.25) is 14.5 Å². The second-order valence-corrected chi connectivity index (χ2v) is 5.77. The first-order valence-electron chi connectivity index (χ1n) is 7.20. The molecule has 2 heterocycles. The number of allylic oxidation sites excluding steroid dienone is 2. The SMILES string of the molecule is O=C1NC[C@H]2CN(C[C@@H]3CC=CCC3)CCN2C1=O. The van der Waals surface area contributed by atoms with Crippen molar-refractivity contribution in [2.24, 2.45) is 5.92 Å². The molecule has 2 atom stereocenters. The number of nitrogens with one attached hydrogen (secondary N) is 1. The lowest BCUT2D eigenvalue weighted by atomic mass is 9.93. The number of carbonyl (C=O) groups is 2. The van der Waals surface area contributed by atoms with Crippen molar-refractivity contribution < 1.29 is 9.59 Å². The molecular formula is C14H21N3O2. The van der Waals surface area contributed by atoms with Crippen LogP contribution in [0.2, 0.25) is 0 Å². The van der Waals surface area contributed by atoms with Crippen molar-refractivity contribution in [2.75, 3.05) is 32.7 Å². The zero-order valence-electron chi connectivity index (χ0n) is 11.2. The van der Waals surface area contributed by atoms with Gasteiger partial charge >= 0.3 is 11.8 Å². The number of rotatable bonds is 2. The molecule has 2 aliphatic heterocycles. The first-order valence-corrected chi connectivity index (χ1v) is 7.20. The van der Waals surface area contributed by atoms with Crippen molar-refractivity contribution in [3.63, 3.8) is 0 Å². The van der Waals surface area contributed by atoms with Gasteiger partial charge in [-0.1, -0.05) is 12.2 Å². The van der Waals surface area contributed by atoms with E-state index in [1.54, 1.807) is 4.90 Å². The van der Waals surface area contributed by atoms with Crippen molar-refractivity contribution in [3.05, 3.63) is 12.2 Å². The van der Waals surface area contributed by atoms with Crippen LogP contribution < -0.4 is 5.32 Å². The molecule has 19 heavy (non-hydrogen) atoms. The lowest BCUT2D eigenvalue weighted by Crippen LogP contribution is -2.65. The molecule has 1 N–H and O–H groups in total. The molecule has 0 radical (unpaired) electrons. The average Bonchev–Trinajstić information content (AvgIpc) is 2.44. The first-order chi connectivity index (χ1) is 9.24. The van der Waals surface area contributed by atoms with Gasteiger partial charge in [-0.05, 0) is 25.2 Å². The summed E-state index contributed by atoms with van der Waals surface area (Å²) < 4.78 is 0. The Bertz CT molecular complexity index is 407. The standard InChI is InChI=1S/C14H21N3O2/c18-13-14(19)17-7-6-16(10-12(17)8-15-13)9-11-4-2-1-3-5-11/h1-2,11-12H,3-10H2,(H,15,18)/t11-,12+/m1/s1. The van der Waals surface area contributed by atoms with E-state index >= 15 is 0 Å². The number of amides is 2. The Morgan fingerprint density at radius 1 is 1.26 bits per heavy atom. The highest BCUT2D eigenvalue weighted by Gasteiger charge is 2.37. The Morgan fingerprint density at radius 3 is 2.95 bits per heavy atom. The summed E-state index contributed by atoms with van der Waals surface area (Å²) in [5, 5.41) is 2.69. The van der Waals surface area contributed by atoms with Crippen LogP contribution in [0.5, 0.6) is 0 Å². The summed E-state index contributed by atoms with van der Waals surface area (Å²) in [5.74, 6) is -0.0379. The molecule has 0 bridgehead atoms. The molecule has 3 aliphatic rings. The van der Waals surface area contributed by atoms with Crippen LogP contribution in [0.25, 0.3) is 0 Å². The quantitative estimate of drug-likeness (QED) is 0.563. The summed E-state index contributed by atoms with van der Waals surface area (Å²) in [6, 6.07) is 0.165. The third-order valence-corrected chi connectivity index (χ3v) is 4.41. The van der Waals surface area contributed by atoms with Crippen LogP contribution in [0.15, 0.2) is 12.2 Å². The van der Waals surface area contributed by atoms with E-state index in [-0.39, 0.29) is 11.9 Å². The van der Waals surface area contributed by atoms with Gasteiger partial charge in [-0.2, -0.15) is 0 Å². The Balaban J connectivity index is 1.56. The summed E-state index contributed by atoms with van der Waals surface area (Å²) in [6.45, 7) is 4.21. The van der Waals surface area contributed by atoms with Gasteiger partial charge in [0.25, 0.3) is 0 Å². The molecule has 3 rings (SSSR count). The number of hydrogen-bond acceptors (Lipinski definition) is 3. The van der Waals surface area contributed by atoms with E-state index in [9.17, 15) is 9.59 Å². The van der Waals surface area contributed by atoms with E-state index in [0.717, 1.165) is 25.6 Å². The van der Waals surface area contributed by atoms with Gasteiger partial charge in [-0.25, -0.2) is 0 Å². The minimum Gasteiger partial charge on any atom is -0.346 e. The maximum absolute atomic E-state index is 11.7. The first kappa shape index (κ1) is 12.7. The second-order valence-electron chi connectivity index (χ2n) is 5.77. The Labute approximate surface area is 113 Å². The summed E-state index contributed by atoms with van der Waals surface area (Å²) in [5.41, 5.74) is 0. The summed E-state index contributed by atoms with van der Waals surface area (Å²) in [6.07, 6.45) is 8.21. The summed E-state index contributed by atoms with van der Waals surface area (Å²) in [7, 11) is 0. The molecule has 0 saturated carbocycles. The van der Waals surface area contributed by atoms with Gasteiger partial charge in [0.05, 0.1) is 6.04 Å². The molecule has 0 aromatic heterocycles. The minimum absolute atomic E-state index is 0.165. The van der Waals surface area contributed by atoms with E-state index in [4.69, 9.17) is 0 Å². The largest absolute Gasteiger partial charge is 0.346 e. The summed E-state index contributed by atoms with van der Waals surface area (Å²) in [4.78, 5) is 27.3. The zero-order valence-corrected chi connectivity index (χ0v) is 11.2. The topological polar surface area (TPSA) is 52.7 Å². The highest BCUT2D eigenvalue weighted by atomic mass is 16.2. The predicted octanol–water partition coefficient (Wildman–Crippen LogP) is -0.0147. The van der Waals surface area contributed by atoms with Gasteiger partial charge in [0.15, 0.2) is 0 Å². The zero-order chi connectivity index (χ0) is 13.2. The lowest BCUT2D eigenvalue weighted by Gasteiger charge is -2.44. The third-order valence-electron chi connectivity index (χ3n) is 4.41. The maximum atomic E-state index is 11.7. The van der Waals surface area contributed by atoms with E-state index in [0.29, 0.717) is 13.1 Å². The Kier molecular flexibility index (Phi) is 3.55. The molecule has 0 spiro atoms. The average molecular weight is 263 g/mol. The predicted molar refractivity (Wildman–Crippen MR) is 71.4 cm³/mol. The van der Waals surface area contributed by atoms with Crippen LogP contribution in [-0.4, -0.2) is 60.4 Å². The fourth-order valence-electron chi connectivity index (χ4n) is 3.33. The molecule has 0 aromatic carbocycles. The van der Waals surface area contributed by atoms with Crippen molar-refractivity contribution >= 4 is 11.8 Å². The van der Waals surface area contributed by atoms with Gasteiger partial charge in [0, 0.05) is 32.7 Å². The minimum atomic E-state index is -0.442. The molecule has 5 nitrogen and oxygen atoms in total. The van der Waals surface area contributed by atoms with Crippen LogP contribution in [0.3, 0.4) is 0 Å². The van der Waals surface area contributed by atoms with Gasteiger partial charge in [0.2, 0.25) is 0 Å². The highest BCUT2D eigenvalue weighted by molar-refractivity contribution is 6.35. The van der Waals surface area contributed by atoms with Crippen molar-refractivity contribution in [2.45, 2.75) is 25.3 Å². The fourth-order valence-corrected chi connectivity index (χ4v) is 3.33. The van der Waals surface area contributed by atoms with Crippen LogP contribution in [0, 0.1) is 5.92 Å². The van der Waals surface area contributed by atoms with Crippen LogP contribution in [0.4, 0.5) is 0 Å². The van der Waals surface area contributed by atoms with Crippen LogP contribution >= 0.6 is 0 Å². The van der Waals surface area contributed by atoms with Crippen molar-refractivity contribution in [1.29, 1.82) is 0 Å². The maximum Gasteiger partial charge on any atom is 0.312 e. The van der Waals surface area contributed by atoms with Gasteiger partial charge in [0.1, 0.15) is 0 Å². The highest BCUT2D eigenvalue weighted by Crippen LogP contribution is 2.21. The van der Waals surface area contributed by atoms with E-state index in [1.807, 2.05) is 0 Å². The molecular weight excluding hydrogens is 242 g/mol. The molecule has 1 aliphatic carbocycles. The Hall–Kier alpha value is -1.36. The molecule has 104 valence electrons. The number of hydrogen-bond donors (Lipinski definition) is 1. The van der Waals surface area contributed by atoms with E-state index < -0.39 is 5.91 Å². The Morgan fingerprint density at radius 2 is 2.16 bits per heavy atom. The number of nitrogens with zero attached hydrogens (tertiary/aromatic N) is 2. The van der Waals surface area contributed by atoms with Crippen molar-refractivity contribution in [1.82, 2.24) is 15.1 Å². The van der Waals surface area contributed by atoms with E-state index in [2.05, 4.69) is 22.4 Å². The smallest absolute Gasteiger partial charge is 0.312 e. The van der Waals surface area contributed by atoms with Gasteiger partial charge in [-0.15, -0.1) is 0 Å². The monoisotopic (exact) mass is 263 g/mol. The lowest BCUT2D eigenvalue weighted by molar-refractivity contribution is -0.152. The van der Waals surface area contributed by atoms with Crippen molar-refractivity contribution in [3.8, 4) is 0 Å². The molecule has 2 saturated heterocycles. The molecule has 2 amide bonds. The second kappa shape index (κ2) is 5.33.